The van der Waals surface area contributed by atoms with Crippen molar-refractivity contribution < 1.29 is 14.7 Å². The molecular formula is C11H18N2O3S. The van der Waals surface area contributed by atoms with E-state index >= 15 is 0 Å². The van der Waals surface area contributed by atoms with Gasteiger partial charge in [-0.3, -0.25) is 0 Å². The molecule has 0 aromatic heterocycles. The third-order valence-corrected chi connectivity index (χ3v) is 4.35. The number of carboxylic acids is 1. The van der Waals surface area contributed by atoms with Gasteiger partial charge in [0, 0.05) is 18.8 Å². The normalized spacial score (nSPS) is 29.5. The van der Waals surface area contributed by atoms with Gasteiger partial charge in [0.2, 0.25) is 0 Å². The first kappa shape index (κ1) is 12.5. The van der Waals surface area contributed by atoms with Crippen molar-refractivity contribution in [1.82, 2.24) is 9.80 Å². The van der Waals surface area contributed by atoms with Crippen LogP contribution in [0, 0.1) is 5.92 Å². The molecule has 0 aromatic carbocycles. The summed E-state index contributed by atoms with van der Waals surface area (Å²) in [5.41, 5.74) is 0. The summed E-state index contributed by atoms with van der Waals surface area (Å²) < 4.78 is 0. The number of aliphatic carboxylic acids is 1. The Morgan fingerprint density at radius 1 is 1.41 bits per heavy atom. The van der Waals surface area contributed by atoms with Gasteiger partial charge in [0.15, 0.2) is 0 Å². The largest absolute Gasteiger partial charge is 0.480 e. The Bertz CT molecular complexity index is 324. The quantitative estimate of drug-likeness (QED) is 0.770. The molecule has 0 radical (unpaired) electrons. The highest BCUT2D eigenvalue weighted by atomic mass is 32.2. The van der Waals surface area contributed by atoms with E-state index in [1.54, 1.807) is 4.90 Å². The SMILES string of the molecule is CC1CCCN(C(=O)N2CSC[C@H]2C(=O)O)C1. The van der Waals surface area contributed by atoms with Crippen molar-refractivity contribution in [2.45, 2.75) is 25.8 Å². The molecule has 1 unspecified atom stereocenters. The lowest BCUT2D eigenvalue weighted by atomic mass is 10.0. The molecule has 2 amide bonds. The number of nitrogens with zero attached hydrogens (tertiary/aromatic N) is 2. The summed E-state index contributed by atoms with van der Waals surface area (Å²) in [6, 6.07) is -0.751. The number of urea groups is 1. The summed E-state index contributed by atoms with van der Waals surface area (Å²) in [6.07, 6.45) is 2.17. The van der Waals surface area contributed by atoms with E-state index in [1.807, 2.05) is 0 Å². The van der Waals surface area contributed by atoms with Crippen LogP contribution in [0.25, 0.3) is 0 Å². The summed E-state index contributed by atoms with van der Waals surface area (Å²) in [7, 11) is 0. The van der Waals surface area contributed by atoms with E-state index in [4.69, 9.17) is 5.11 Å². The molecule has 0 bridgehead atoms. The van der Waals surface area contributed by atoms with Crippen LogP contribution >= 0.6 is 11.8 Å². The molecule has 2 heterocycles. The van der Waals surface area contributed by atoms with Crippen LogP contribution in [-0.2, 0) is 4.79 Å². The van der Waals surface area contributed by atoms with Gasteiger partial charge < -0.3 is 14.9 Å². The van der Waals surface area contributed by atoms with Gasteiger partial charge in [-0.2, -0.15) is 0 Å². The zero-order valence-corrected chi connectivity index (χ0v) is 10.8. The molecule has 17 heavy (non-hydrogen) atoms. The minimum atomic E-state index is -0.895. The van der Waals surface area contributed by atoms with Gasteiger partial charge in [-0.15, -0.1) is 11.8 Å². The number of carbonyl (C=O) groups excluding carboxylic acids is 1. The third-order valence-electron chi connectivity index (χ3n) is 3.34. The molecule has 2 aliphatic rings. The molecule has 2 rings (SSSR count). The maximum atomic E-state index is 12.2. The lowest BCUT2D eigenvalue weighted by Crippen LogP contribution is -2.51. The number of rotatable bonds is 1. The number of hydrogen-bond acceptors (Lipinski definition) is 3. The summed E-state index contributed by atoms with van der Waals surface area (Å²) in [5.74, 6) is 0.630. The van der Waals surface area contributed by atoms with Crippen molar-refractivity contribution in [3.63, 3.8) is 0 Å². The fraction of sp³-hybridized carbons (Fsp3) is 0.818. The van der Waals surface area contributed by atoms with Crippen LogP contribution in [0.4, 0.5) is 4.79 Å². The molecule has 2 fully saturated rings. The van der Waals surface area contributed by atoms with Gasteiger partial charge >= 0.3 is 12.0 Å². The van der Waals surface area contributed by atoms with Crippen LogP contribution in [0.2, 0.25) is 0 Å². The van der Waals surface area contributed by atoms with Crippen LogP contribution in [0.1, 0.15) is 19.8 Å². The first-order valence-corrected chi connectivity index (χ1v) is 7.11. The fourth-order valence-electron chi connectivity index (χ4n) is 2.38. The van der Waals surface area contributed by atoms with Crippen molar-refractivity contribution in [2.24, 2.45) is 5.92 Å². The van der Waals surface area contributed by atoms with E-state index in [1.165, 1.54) is 16.7 Å². The van der Waals surface area contributed by atoms with E-state index in [9.17, 15) is 9.59 Å². The summed E-state index contributed by atoms with van der Waals surface area (Å²) in [6.45, 7) is 3.65. The van der Waals surface area contributed by atoms with Gasteiger partial charge in [0.25, 0.3) is 0 Å². The molecular weight excluding hydrogens is 240 g/mol. The van der Waals surface area contributed by atoms with Crippen LogP contribution in [0.15, 0.2) is 0 Å². The molecule has 0 saturated carbocycles. The lowest BCUT2D eigenvalue weighted by molar-refractivity contribution is -0.141. The smallest absolute Gasteiger partial charge is 0.327 e. The maximum absolute atomic E-state index is 12.2. The highest BCUT2D eigenvalue weighted by molar-refractivity contribution is 7.99. The van der Waals surface area contributed by atoms with Crippen molar-refractivity contribution in [1.29, 1.82) is 0 Å². The average molecular weight is 258 g/mol. The van der Waals surface area contributed by atoms with E-state index in [2.05, 4.69) is 6.92 Å². The van der Waals surface area contributed by atoms with Gasteiger partial charge in [0.1, 0.15) is 6.04 Å². The van der Waals surface area contributed by atoms with Gasteiger partial charge in [-0.1, -0.05) is 6.92 Å². The monoisotopic (exact) mass is 258 g/mol. The molecule has 0 aliphatic carbocycles. The van der Waals surface area contributed by atoms with Crippen molar-refractivity contribution in [2.75, 3.05) is 24.7 Å². The highest BCUT2D eigenvalue weighted by Crippen LogP contribution is 2.24. The van der Waals surface area contributed by atoms with E-state index in [0.29, 0.717) is 17.5 Å². The number of hydrogen-bond donors (Lipinski definition) is 1. The number of carbonyl (C=O) groups is 2. The minimum Gasteiger partial charge on any atom is -0.480 e. The number of amides is 2. The standard InChI is InChI=1S/C11H18N2O3S/c1-8-3-2-4-12(5-8)11(16)13-7-17-6-9(13)10(14)15/h8-9H,2-7H2,1H3,(H,14,15)/t8?,9-/m0/s1. The van der Waals surface area contributed by atoms with Crippen molar-refractivity contribution in [3.05, 3.63) is 0 Å². The van der Waals surface area contributed by atoms with Crippen LogP contribution in [0.5, 0.6) is 0 Å². The predicted molar refractivity (Wildman–Crippen MR) is 66.0 cm³/mol. The van der Waals surface area contributed by atoms with E-state index in [-0.39, 0.29) is 6.03 Å². The molecule has 5 nitrogen and oxygen atoms in total. The Kier molecular flexibility index (Phi) is 3.81. The van der Waals surface area contributed by atoms with Gasteiger partial charge in [-0.25, -0.2) is 9.59 Å². The van der Waals surface area contributed by atoms with Crippen LogP contribution < -0.4 is 0 Å². The molecule has 6 heteroatoms. The second kappa shape index (κ2) is 5.16. The number of thioether (sulfide) groups is 1. The first-order valence-electron chi connectivity index (χ1n) is 5.95. The first-order chi connectivity index (χ1) is 8.09. The minimum absolute atomic E-state index is 0.103. The number of piperidine rings is 1. The predicted octanol–water partition coefficient (Wildman–Crippen LogP) is 1.30. The molecule has 0 aromatic rings. The number of likely N-dealkylation sites (tertiary alicyclic amines) is 1. The highest BCUT2D eigenvalue weighted by Gasteiger charge is 2.37. The zero-order chi connectivity index (χ0) is 12.4. The van der Waals surface area contributed by atoms with Crippen molar-refractivity contribution >= 4 is 23.8 Å². The fourth-order valence-corrected chi connectivity index (χ4v) is 3.52. The third kappa shape index (κ3) is 2.68. The Hall–Kier alpha value is -0.910. The Morgan fingerprint density at radius 2 is 2.18 bits per heavy atom. The van der Waals surface area contributed by atoms with Crippen molar-refractivity contribution in [3.8, 4) is 0 Å². The molecule has 96 valence electrons. The zero-order valence-electron chi connectivity index (χ0n) is 9.96. The molecule has 2 aliphatic heterocycles. The van der Waals surface area contributed by atoms with Crippen LogP contribution in [0.3, 0.4) is 0 Å². The Morgan fingerprint density at radius 3 is 2.82 bits per heavy atom. The molecule has 2 atom stereocenters. The van der Waals surface area contributed by atoms with E-state index in [0.717, 1.165) is 25.9 Å². The molecule has 2 saturated heterocycles. The maximum Gasteiger partial charge on any atom is 0.327 e. The summed E-state index contributed by atoms with van der Waals surface area (Å²) in [5, 5.41) is 9.06. The summed E-state index contributed by atoms with van der Waals surface area (Å²) in [4.78, 5) is 26.6. The average Bonchev–Trinajstić information content (AvgIpc) is 2.77. The Labute approximate surface area is 105 Å². The topological polar surface area (TPSA) is 60.9 Å². The second-order valence-electron chi connectivity index (χ2n) is 4.80. The molecule has 0 spiro atoms. The second-order valence-corrected chi connectivity index (χ2v) is 5.80. The van der Waals surface area contributed by atoms with Gasteiger partial charge in [-0.05, 0) is 18.8 Å². The van der Waals surface area contributed by atoms with Crippen LogP contribution in [-0.4, -0.2) is 57.7 Å². The number of carboxylic acid groups (broad SMARTS) is 1. The van der Waals surface area contributed by atoms with Gasteiger partial charge in [0.05, 0.1) is 5.88 Å². The Balaban J connectivity index is 2.01. The van der Waals surface area contributed by atoms with E-state index < -0.39 is 12.0 Å². The summed E-state index contributed by atoms with van der Waals surface area (Å²) >= 11 is 1.51. The molecule has 1 N–H and O–H groups in total. The lowest BCUT2D eigenvalue weighted by Gasteiger charge is -2.34.